The molecule has 1 aliphatic rings. The molecule has 0 N–H and O–H groups in total. The number of nitrogens with zero attached hydrogens (tertiary/aromatic N) is 1. The number of halogens is 1. The summed E-state index contributed by atoms with van der Waals surface area (Å²) in [5.41, 5.74) is -0.0552. The maximum Gasteiger partial charge on any atom is 0.254 e. The van der Waals surface area contributed by atoms with Gasteiger partial charge in [0.2, 0.25) is 0 Å². The summed E-state index contributed by atoms with van der Waals surface area (Å²) in [5, 5.41) is 0. The number of hydrogen-bond donors (Lipinski definition) is 0. The summed E-state index contributed by atoms with van der Waals surface area (Å²) < 4.78 is 0.936. The molecule has 1 aromatic rings. The van der Waals surface area contributed by atoms with Crippen LogP contribution in [0.4, 0.5) is 0 Å². The van der Waals surface area contributed by atoms with Crippen LogP contribution in [0.2, 0.25) is 0 Å². The molecular formula is C13H14BrNO2. The van der Waals surface area contributed by atoms with Gasteiger partial charge in [-0.2, -0.15) is 0 Å². The molecule has 3 nitrogen and oxygen atoms in total. The van der Waals surface area contributed by atoms with Crippen molar-refractivity contribution in [2.24, 2.45) is 0 Å². The molecule has 1 fully saturated rings. The van der Waals surface area contributed by atoms with E-state index in [1.807, 2.05) is 12.1 Å². The first-order valence-electron chi connectivity index (χ1n) is 5.54. The van der Waals surface area contributed by atoms with Gasteiger partial charge in [0.15, 0.2) is 5.78 Å². The molecule has 2 rings (SSSR count). The lowest BCUT2D eigenvalue weighted by Crippen LogP contribution is -2.46. The van der Waals surface area contributed by atoms with Gasteiger partial charge in [-0.3, -0.25) is 9.59 Å². The molecular weight excluding hydrogens is 282 g/mol. The van der Waals surface area contributed by atoms with Crippen LogP contribution in [0.5, 0.6) is 0 Å². The van der Waals surface area contributed by atoms with E-state index in [0.29, 0.717) is 18.5 Å². The molecule has 0 saturated carbocycles. The Bertz CT molecular complexity index is 465. The Kier molecular flexibility index (Phi) is 3.08. The minimum atomic E-state index is -0.676. The monoisotopic (exact) mass is 295 g/mol. The van der Waals surface area contributed by atoms with E-state index < -0.39 is 5.54 Å². The zero-order valence-corrected chi connectivity index (χ0v) is 11.5. The van der Waals surface area contributed by atoms with Crippen molar-refractivity contribution in [3.8, 4) is 0 Å². The van der Waals surface area contributed by atoms with Crippen LogP contribution in [0.1, 0.15) is 30.6 Å². The maximum absolute atomic E-state index is 12.3. The van der Waals surface area contributed by atoms with Crippen LogP contribution in [0.3, 0.4) is 0 Å². The molecule has 17 heavy (non-hydrogen) atoms. The van der Waals surface area contributed by atoms with E-state index in [-0.39, 0.29) is 11.7 Å². The van der Waals surface area contributed by atoms with E-state index in [0.717, 1.165) is 4.47 Å². The third-order valence-corrected chi connectivity index (χ3v) is 3.78. The van der Waals surface area contributed by atoms with Gasteiger partial charge in [-0.25, -0.2) is 0 Å². The molecule has 0 aromatic heterocycles. The first-order valence-corrected chi connectivity index (χ1v) is 6.33. The van der Waals surface area contributed by atoms with Gasteiger partial charge in [0, 0.05) is 23.0 Å². The smallest absolute Gasteiger partial charge is 0.254 e. The Hall–Kier alpha value is -1.16. The molecule has 1 amide bonds. The van der Waals surface area contributed by atoms with E-state index in [4.69, 9.17) is 0 Å². The Labute approximate surface area is 109 Å². The number of ketones is 1. The topological polar surface area (TPSA) is 37.4 Å². The highest BCUT2D eigenvalue weighted by molar-refractivity contribution is 9.10. The van der Waals surface area contributed by atoms with Crippen molar-refractivity contribution >= 4 is 27.6 Å². The first kappa shape index (κ1) is 12.3. The minimum Gasteiger partial charge on any atom is -0.326 e. The molecule has 90 valence electrons. The number of rotatable bonds is 1. The SMILES string of the molecule is CC1(C)C(=O)CCN1C(=O)c1ccc(Br)cc1. The molecule has 0 atom stereocenters. The Morgan fingerprint density at radius 1 is 1.29 bits per heavy atom. The highest BCUT2D eigenvalue weighted by Gasteiger charge is 2.42. The zero-order chi connectivity index (χ0) is 12.6. The number of carbonyl (C=O) groups is 2. The number of carbonyl (C=O) groups excluding carboxylic acids is 2. The Morgan fingerprint density at radius 3 is 2.35 bits per heavy atom. The number of Topliss-reactive ketones (excluding diaryl/α,β-unsaturated/α-hetero) is 1. The molecule has 0 radical (unpaired) electrons. The molecule has 1 saturated heterocycles. The van der Waals surface area contributed by atoms with Crippen LogP contribution in [0, 0.1) is 0 Å². The molecule has 0 aliphatic carbocycles. The van der Waals surface area contributed by atoms with Crippen molar-refractivity contribution in [3.63, 3.8) is 0 Å². The van der Waals surface area contributed by atoms with Crippen LogP contribution < -0.4 is 0 Å². The van der Waals surface area contributed by atoms with Crippen LogP contribution in [-0.2, 0) is 4.79 Å². The van der Waals surface area contributed by atoms with Crippen molar-refractivity contribution in [1.82, 2.24) is 4.90 Å². The van der Waals surface area contributed by atoms with Gasteiger partial charge in [-0.15, -0.1) is 0 Å². The first-order chi connectivity index (χ1) is 7.93. The molecule has 1 aliphatic heterocycles. The number of hydrogen-bond acceptors (Lipinski definition) is 2. The van der Waals surface area contributed by atoms with Crippen LogP contribution in [-0.4, -0.2) is 28.7 Å². The van der Waals surface area contributed by atoms with Gasteiger partial charge < -0.3 is 4.90 Å². The molecule has 0 unspecified atom stereocenters. The summed E-state index contributed by atoms with van der Waals surface area (Å²) in [5.74, 6) is 0.0521. The van der Waals surface area contributed by atoms with E-state index in [1.54, 1.807) is 30.9 Å². The molecule has 0 bridgehead atoms. The fourth-order valence-electron chi connectivity index (χ4n) is 2.05. The van der Waals surface area contributed by atoms with E-state index in [1.165, 1.54) is 0 Å². The second kappa shape index (κ2) is 4.26. The molecule has 1 heterocycles. The fourth-order valence-corrected chi connectivity index (χ4v) is 2.32. The minimum absolute atomic E-state index is 0.0756. The summed E-state index contributed by atoms with van der Waals surface area (Å²) in [4.78, 5) is 25.6. The summed E-state index contributed by atoms with van der Waals surface area (Å²) in [7, 11) is 0. The lowest BCUT2D eigenvalue weighted by molar-refractivity contribution is -0.123. The molecule has 4 heteroatoms. The normalized spacial score (nSPS) is 18.5. The zero-order valence-electron chi connectivity index (χ0n) is 9.87. The third kappa shape index (κ3) is 2.14. The lowest BCUT2D eigenvalue weighted by atomic mass is 10.00. The number of benzene rings is 1. The van der Waals surface area contributed by atoms with Gasteiger partial charge >= 0.3 is 0 Å². The van der Waals surface area contributed by atoms with Crippen LogP contribution >= 0.6 is 15.9 Å². The third-order valence-electron chi connectivity index (χ3n) is 3.26. The van der Waals surface area contributed by atoms with Gasteiger partial charge in [-0.05, 0) is 38.1 Å². The van der Waals surface area contributed by atoms with Gasteiger partial charge in [0.05, 0.1) is 5.54 Å². The predicted molar refractivity (Wildman–Crippen MR) is 68.9 cm³/mol. The standard InChI is InChI=1S/C13H14BrNO2/c1-13(2)11(16)7-8-15(13)12(17)9-3-5-10(14)6-4-9/h3-6H,7-8H2,1-2H3. The largest absolute Gasteiger partial charge is 0.326 e. The fraction of sp³-hybridized carbons (Fsp3) is 0.385. The summed E-state index contributed by atoms with van der Waals surface area (Å²) in [6.45, 7) is 4.12. The predicted octanol–water partition coefficient (Wildman–Crippen LogP) is 2.64. The maximum atomic E-state index is 12.3. The van der Waals surface area contributed by atoms with Crippen LogP contribution in [0.15, 0.2) is 28.7 Å². The highest BCUT2D eigenvalue weighted by Crippen LogP contribution is 2.27. The number of amides is 1. The summed E-state index contributed by atoms with van der Waals surface area (Å²) >= 11 is 3.33. The highest BCUT2D eigenvalue weighted by atomic mass is 79.9. The van der Waals surface area contributed by atoms with Crippen molar-refractivity contribution < 1.29 is 9.59 Å². The summed E-state index contributed by atoms with van der Waals surface area (Å²) in [6, 6.07) is 7.20. The Morgan fingerprint density at radius 2 is 1.88 bits per heavy atom. The summed E-state index contributed by atoms with van der Waals surface area (Å²) in [6.07, 6.45) is 0.454. The second-order valence-electron chi connectivity index (χ2n) is 4.70. The molecule has 1 aromatic carbocycles. The van der Waals surface area contributed by atoms with Gasteiger partial charge in [0.1, 0.15) is 0 Å². The van der Waals surface area contributed by atoms with Crippen molar-refractivity contribution in [3.05, 3.63) is 34.3 Å². The van der Waals surface area contributed by atoms with Gasteiger partial charge in [0.25, 0.3) is 5.91 Å². The van der Waals surface area contributed by atoms with Gasteiger partial charge in [-0.1, -0.05) is 15.9 Å². The quantitative estimate of drug-likeness (QED) is 0.799. The molecule has 0 spiro atoms. The van der Waals surface area contributed by atoms with E-state index in [9.17, 15) is 9.59 Å². The Balaban J connectivity index is 2.27. The van der Waals surface area contributed by atoms with Crippen molar-refractivity contribution in [2.45, 2.75) is 25.8 Å². The van der Waals surface area contributed by atoms with Crippen LogP contribution in [0.25, 0.3) is 0 Å². The van der Waals surface area contributed by atoms with E-state index in [2.05, 4.69) is 15.9 Å². The average Bonchev–Trinajstić information content (AvgIpc) is 2.54. The van der Waals surface area contributed by atoms with E-state index >= 15 is 0 Å². The lowest BCUT2D eigenvalue weighted by Gasteiger charge is -2.30. The second-order valence-corrected chi connectivity index (χ2v) is 5.61. The average molecular weight is 296 g/mol. The number of likely N-dealkylation sites (tertiary alicyclic amines) is 1. The van der Waals surface area contributed by atoms with Crippen molar-refractivity contribution in [1.29, 1.82) is 0 Å². The van der Waals surface area contributed by atoms with Crippen molar-refractivity contribution in [2.75, 3.05) is 6.54 Å².